The number of hydrogen-bond donors (Lipinski definition) is 2. The topological polar surface area (TPSA) is 152 Å². The molecule has 4 atom stereocenters. The highest BCUT2D eigenvalue weighted by Crippen LogP contribution is 2.38. The molecule has 0 spiro atoms. The minimum atomic E-state index is -0.862. The number of nitriles is 2. The largest absolute Gasteiger partial charge is 0.491 e. The van der Waals surface area contributed by atoms with E-state index in [0.717, 1.165) is 12.4 Å². The highest BCUT2D eigenvalue weighted by atomic mass is 16.6. The molecule has 0 radical (unpaired) electrons. The number of epoxide rings is 1. The number of ether oxygens (including phenoxy) is 4. The van der Waals surface area contributed by atoms with E-state index in [1.54, 1.807) is 53.4 Å². The number of carbonyl (C=O) groups excluding carboxylic acids is 1. The number of aliphatic hydroxyl groups excluding tert-OH is 1. The van der Waals surface area contributed by atoms with Crippen molar-refractivity contribution in [2.75, 3.05) is 52.5 Å². The predicted octanol–water partition coefficient (Wildman–Crippen LogP) is 3.18. The molecule has 3 aliphatic heterocycles. The number of piperidine rings is 2. The molecule has 2 unspecified atom stereocenters. The maximum absolute atomic E-state index is 12.5. The molecule has 44 heavy (non-hydrogen) atoms. The number of nitrogens with zero attached hydrogens (tertiary/aromatic N) is 4. The Labute approximate surface area is 259 Å². The fourth-order valence-electron chi connectivity index (χ4n) is 5.27. The third kappa shape index (κ3) is 9.57. The van der Waals surface area contributed by atoms with Gasteiger partial charge in [0.25, 0.3) is 0 Å². The lowest BCUT2D eigenvalue weighted by molar-refractivity contribution is -0.148. The van der Waals surface area contributed by atoms with Gasteiger partial charge in [-0.3, -0.25) is 4.90 Å². The Morgan fingerprint density at radius 1 is 0.977 bits per heavy atom. The first kappa shape index (κ1) is 33.0. The van der Waals surface area contributed by atoms with Crippen molar-refractivity contribution in [1.29, 1.82) is 10.5 Å². The molecule has 0 saturated carbocycles. The second kappa shape index (κ2) is 14.3. The normalized spacial score (nSPS) is 24.9. The molecule has 2 aromatic carbocycles. The van der Waals surface area contributed by atoms with Crippen molar-refractivity contribution < 1.29 is 34.0 Å². The van der Waals surface area contributed by atoms with E-state index in [9.17, 15) is 15.0 Å². The molecule has 3 heterocycles. The Kier molecular flexibility index (Phi) is 10.7. The fraction of sp³-hybridized carbons (Fsp3) is 0.545. The van der Waals surface area contributed by atoms with E-state index >= 15 is 0 Å². The SMILES string of the molecule is CC(C)(C)OC(=O)N1CC2CN(C[C@H](O)COc3ccc(C#N)cc3)CC(C1)C2(C)O.N#Cc1ccc(OC[C@@H]2CO2)cc1. The molecular formula is C33H42N4O7. The van der Waals surface area contributed by atoms with E-state index in [1.165, 1.54) is 0 Å². The van der Waals surface area contributed by atoms with Crippen LogP contribution in [0.2, 0.25) is 0 Å². The van der Waals surface area contributed by atoms with Crippen LogP contribution in [-0.2, 0) is 9.47 Å². The van der Waals surface area contributed by atoms with Gasteiger partial charge >= 0.3 is 6.09 Å². The van der Waals surface area contributed by atoms with E-state index in [0.29, 0.717) is 56.2 Å². The van der Waals surface area contributed by atoms with E-state index in [4.69, 9.17) is 29.5 Å². The Bertz CT molecular complexity index is 1310. The summed E-state index contributed by atoms with van der Waals surface area (Å²) >= 11 is 0. The predicted molar refractivity (Wildman–Crippen MR) is 161 cm³/mol. The van der Waals surface area contributed by atoms with Crippen LogP contribution in [0.5, 0.6) is 11.5 Å². The summed E-state index contributed by atoms with van der Waals surface area (Å²) in [4.78, 5) is 16.3. The monoisotopic (exact) mass is 606 g/mol. The van der Waals surface area contributed by atoms with Gasteiger partial charge in [-0.1, -0.05) is 0 Å². The molecule has 11 heteroatoms. The van der Waals surface area contributed by atoms with E-state index in [-0.39, 0.29) is 30.6 Å². The average Bonchev–Trinajstić information content (AvgIpc) is 3.80. The Morgan fingerprint density at radius 3 is 1.93 bits per heavy atom. The molecule has 0 aliphatic carbocycles. The van der Waals surface area contributed by atoms with Gasteiger partial charge in [0.1, 0.15) is 42.5 Å². The van der Waals surface area contributed by atoms with Gasteiger partial charge < -0.3 is 34.1 Å². The van der Waals surface area contributed by atoms with Crippen LogP contribution in [0.25, 0.3) is 0 Å². The zero-order chi connectivity index (χ0) is 31.9. The Hall–Kier alpha value is -3.87. The highest BCUT2D eigenvalue weighted by molar-refractivity contribution is 5.68. The third-order valence-corrected chi connectivity index (χ3v) is 7.86. The molecule has 11 nitrogen and oxygen atoms in total. The summed E-state index contributed by atoms with van der Waals surface area (Å²) in [5, 5.41) is 38.9. The molecule has 3 aliphatic rings. The van der Waals surface area contributed by atoms with Gasteiger partial charge in [-0.25, -0.2) is 4.79 Å². The summed E-state index contributed by atoms with van der Waals surface area (Å²) < 4.78 is 21.5. The first-order valence-electron chi connectivity index (χ1n) is 14.8. The summed E-state index contributed by atoms with van der Waals surface area (Å²) in [6, 6.07) is 17.9. The number of rotatable bonds is 8. The first-order valence-corrected chi connectivity index (χ1v) is 14.8. The Morgan fingerprint density at radius 2 is 1.48 bits per heavy atom. The summed E-state index contributed by atoms with van der Waals surface area (Å²) in [6.07, 6.45) is -0.765. The maximum Gasteiger partial charge on any atom is 0.410 e. The van der Waals surface area contributed by atoms with Crippen LogP contribution in [0.1, 0.15) is 38.8 Å². The van der Waals surface area contributed by atoms with Gasteiger partial charge in [0.05, 0.1) is 35.5 Å². The fourth-order valence-corrected chi connectivity index (χ4v) is 5.27. The van der Waals surface area contributed by atoms with Crippen molar-refractivity contribution in [2.24, 2.45) is 11.8 Å². The Balaban J connectivity index is 0.000000281. The number of amides is 1. The molecule has 0 aromatic heterocycles. The highest BCUT2D eigenvalue weighted by Gasteiger charge is 2.51. The standard InChI is InChI=1S/C23H33N3O5.C10H9NO2/c1-22(2,3)31-21(28)26-12-17-10-25(11-18(13-26)23(17,4)29)14-19(27)15-30-20-7-5-16(9-24)6-8-20;11-5-8-1-3-9(4-2-8)12-6-10-7-13-10/h5-8,17-19,27,29H,10-15H2,1-4H3;1-4,10H,6-7H2/t17?,18?,19-,23?;10-/m01/s1. The molecule has 3 fully saturated rings. The summed E-state index contributed by atoms with van der Waals surface area (Å²) in [5.41, 5.74) is -0.217. The number of fused-ring (bicyclic) bond motifs is 2. The minimum absolute atomic E-state index is 0.126. The molecular weight excluding hydrogens is 564 g/mol. The van der Waals surface area contributed by atoms with Crippen LogP contribution < -0.4 is 9.47 Å². The van der Waals surface area contributed by atoms with E-state index < -0.39 is 17.3 Å². The minimum Gasteiger partial charge on any atom is -0.491 e. The third-order valence-electron chi connectivity index (χ3n) is 7.86. The zero-order valence-electron chi connectivity index (χ0n) is 25.8. The quantitative estimate of drug-likeness (QED) is 0.429. The molecule has 2 aromatic rings. The molecule has 2 N–H and O–H groups in total. The first-order chi connectivity index (χ1) is 20.9. The van der Waals surface area contributed by atoms with Gasteiger partial charge in [-0.15, -0.1) is 0 Å². The van der Waals surface area contributed by atoms with Crippen LogP contribution in [0.4, 0.5) is 4.79 Å². The van der Waals surface area contributed by atoms with E-state index in [2.05, 4.69) is 17.0 Å². The van der Waals surface area contributed by atoms with Crippen LogP contribution in [0.15, 0.2) is 48.5 Å². The van der Waals surface area contributed by atoms with Gasteiger partial charge in [-0.05, 0) is 76.2 Å². The van der Waals surface area contributed by atoms with Crippen molar-refractivity contribution in [1.82, 2.24) is 9.80 Å². The van der Waals surface area contributed by atoms with Crippen LogP contribution in [-0.4, -0.2) is 102 Å². The van der Waals surface area contributed by atoms with E-state index in [1.807, 2.05) is 27.7 Å². The molecule has 3 saturated heterocycles. The van der Waals surface area contributed by atoms with Gasteiger partial charge in [0.15, 0.2) is 0 Å². The van der Waals surface area contributed by atoms with Gasteiger partial charge in [0, 0.05) is 44.6 Å². The summed E-state index contributed by atoms with van der Waals surface area (Å²) in [7, 11) is 0. The van der Waals surface area contributed by atoms with Crippen molar-refractivity contribution in [2.45, 2.75) is 51.1 Å². The molecule has 236 valence electrons. The second-order valence-corrected chi connectivity index (χ2v) is 12.7. The van der Waals surface area contributed by atoms with Crippen molar-refractivity contribution >= 4 is 6.09 Å². The van der Waals surface area contributed by atoms with Crippen LogP contribution in [0.3, 0.4) is 0 Å². The van der Waals surface area contributed by atoms with Crippen molar-refractivity contribution in [3.05, 3.63) is 59.7 Å². The van der Waals surface area contributed by atoms with Crippen LogP contribution >= 0.6 is 0 Å². The number of benzene rings is 2. The maximum atomic E-state index is 12.5. The number of hydrogen-bond acceptors (Lipinski definition) is 10. The molecule has 2 bridgehead atoms. The van der Waals surface area contributed by atoms with Gasteiger partial charge in [-0.2, -0.15) is 10.5 Å². The second-order valence-electron chi connectivity index (χ2n) is 12.7. The zero-order valence-corrected chi connectivity index (χ0v) is 25.8. The lowest BCUT2D eigenvalue weighted by atomic mass is 9.71. The molecule has 1 amide bonds. The number of aliphatic hydroxyl groups is 2. The lowest BCUT2D eigenvalue weighted by Crippen LogP contribution is -2.67. The smallest absolute Gasteiger partial charge is 0.410 e. The lowest BCUT2D eigenvalue weighted by Gasteiger charge is -2.54. The molecule has 5 rings (SSSR count). The van der Waals surface area contributed by atoms with Crippen molar-refractivity contribution in [3.8, 4) is 23.6 Å². The summed E-state index contributed by atoms with van der Waals surface area (Å²) in [6.45, 7) is 11.3. The summed E-state index contributed by atoms with van der Waals surface area (Å²) in [5.74, 6) is 1.14. The number of β-amino-alcohol motifs (C(OH)–C–C–N with tert-alkyl or cyclic N) is 1. The number of carbonyl (C=O) groups is 1. The average molecular weight is 607 g/mol. The van der Waals surface area contributed by atoms with Crippen LogP contribution in [0, 0.1) is 34.5 Å². The number of likely N-dealkylation sites (tertiary alicyclic amines) is 2. The van der Waals surface area contributed by atoms with Gasteiger partial charge in [0.2, 0.25) is 0 Å². The van der Waals surface area contributed by atoms with Crippen molar-refractivity contribution in [3.63, 3.8) is 0 Å².